The van der Waals surface area contributed by atoms with E-state index in [1.54, 1.807) is 18.2 Å². The molecule has 1 aliphatic rings. The van der Waals surface area contributed by atoms with Gasteiger partial charge in [-0.1, -0.05) is 18.2 Å². The van der Waals surface area contributed by atoms with Gasteiger partial charge in [0.25, 0.3) is 0 Å². The SMILES string of the molecule is CCNC(=O)CN=C(NCCc1ccccc1F)Nc1ccc2c(c1)OCCCO2.I. The summed E-state index contributed by atoms with van der Waals surface area (Å²) in [5.74, 6) is 1.37. The van der Waals surface area contributed by atoms with E-state index in [1.165, 1.54) is 6.07 Å². The lowest BCUT2D eigenvalue weighted by molar-refractivity contribution is -0.119. The number of hydrogen-bond acceptors (Lipinski definition) is 4. The number of carbonyl (C=O) groups is 1. The van der Waals surface area contributed by atoms with Gasteiger partial charge in [-0.25, -0.2) is 9.38 Å². The first kappa shape index (κ1) is 24.7. The van der Waals surface area contributed by atoms with Crippen molar-refractivity contribution < 1.29 is 18.7 Å². The molecule has 0 aliphatic carbocycles. The van der Waals surface area contributed by atoms with E-state index in [9.17, 15) is 9.18 Å². The molecule has 168 valence electrons. The highest BCUT2D eigenvalue weighted by atomic mass is 127. The van der Waals surface area contributed by atoms with Crippen LogP contribution in [0, 0.1) is 5.82 Å². The van der Waals surface area contributed by atoms with Crippen LogP contribution >= 0.6 is 24.0 Å². The molecule has 1 heterocycles. The van der Waals surface area contributed by atoms with Crippen molar-refractivity contribution >= 4 is 41.5 Å². The number of nitrogens with one attached hydrogen (secondary N) is 3. The molecule has 0 atom stereocenters. The quantitative estimate of drug-likeness (QED) is 0.284. The molecule has 0 saturated heterocycles. The van der Waals surface area contributed by atoms with E-state index in [0.717, 1.165) is 12.1 Å². The zero-order valence-corrected chi connectivity index (χ0v) is 19.8. The molecular weight excluding hydrogens is 514 g/mol. The summed E-state index contributed by atoms with van der Waals surface area (Å²) in [5.41, 5.74) is 1.36. The second-order valence-electron chi connectivity index (χ2n) is 6.72. The van der Waals surface area contributed by atoms with Gasteiger partial charge in [0.1, 0.15) is 12.4 Å². The maximum Gasteiger partial charge on any atom is 0.241 e. The van der Waals surface area contributed by atoms with Crippen LogP contribution in [0.4, 0.5) is 10.1 Å². The van der Waals surface area contributed by atoms with Gasteiger partial charge in [-0.05, 0) is 37.1 Å². The fourth-order valence-corrected chi connectivity index (χ4v) is 2.94. The summed E-state index contributed by atoms with van der Waals surface area (Å²) in [7, 11) is 0. The third-order valence-corrected chi connectivity index (χ3v) is 4.41. The predicted molar refractivity (Wildman–Crippen MR) is 130 cm³/mol. The van der Waals surface area contributed by atoms with Gasteiger partial charge in [0.2, 0.25) is 5.91 Å². The Bertz CT molecular complexity index is 895. The normalized spacial score (nSPS) is 12.9. The number of benzene rings is 2. The number of likely N-dealkylation sites (N-methyl/N-ethyl adjacent to an activating group) is 1. The maximum atomic E-state index is 13.8. The first-order valence-corrected chi connectivity index (χ1v) is 10.1. The Morgan fingerprint density at radius 2 is 1.87 bits per heavy atom. The third-order valence-electron chi connectivity index (χ3n) is 4.41. The summed E-state index contributed by atoms with van der Waals surface area (Å²) in [5, 5.41) is 9.05. The second-order valence-corrected chi connectivity index (χ2v) is 6.72. The van der Waals surface area contributed by atoms with Gasteiger partial charge >= 0.3 is 0 Å². The number of fused-ring (bicyclic) bond motifs is 1. The first-order chi connectivity index (χ1) is 14.7. The van der Waals surface area contributed by atoms with Crippen LogP contribution in [0.25, 0.3) is 0 Å². The van der Waals surface area contributed by atoms with Crippen LogP contribution in [0.15, 0.2) is 47.5 Å². The fraction of sp³-hybridized carbons (Fsp3) is 0.364. The van der Waals surface area contributed by atoms with Gasteiger partial charge in [-0.3, -0.25) is 4.79 Å². The summed E-state index contributed by atoms with van der Waals surface area (Å²) in [6.45, 7) is 4.04. The fourth-order valence-electron chi connectivity index (χ4n) is 2.94. The molecule has 0 spiro atoms. The number of aliphatic imine (C=N–C) groups is 1. The van der Waals surface area contributed by atoms with E-state index in [1.807, 2.05) is 25.1 Å². The number of guanidine groups is 1. The van der Waals surface area contributed by atoms with Crippen molar-refractivity contribution in [3.63, 3.8) is 0 Å². The number of rotatable bonds is 7. The monoisotopic (exact) mass is 542 g/mol. The zero-order valence-electron chi connectivity index (χ0n) is 17.4. The molecule has 0 radical (unpaired) electrons. The molecule has 0 saturated carbocycles. The number of amides is 1. The van der Waals surface area contributed by atoms with Crippen molar-refractivity contribution in [3.05, 3.63) is 53.8 Å². The Labute approximate surface area is 198 Å². The standard InChI is InChI=1S/C22H27FN4O3.HI/c1-2-24-21(28)15-26-22(25-11-10-16-6-3-4-7-18(16)23)27-17-8-9-19-20(14-17)30-13-5-12-29-19;/h3-4,6-9,14H,2,5,10-13,15H2,1H3,(H,24,28)(H2,25,26,27);1H. The van der Waals surface area contributed by atoms with Crippen LogP contribution in [0.5, 0.6) is 11.5 Å². The summed E-state index contributed by atoms with van der Waals surface area (Å²) in [6, 6.07) is 12.2. The highest BCUT2D eigenvalue weighted by molar-refractivity contribution is 14.0. The Kier molecular flexibility index (Phi) is 10.3. The van der Waals surface area contributed by atoms with Crippen molar-refractivity contribution in [2.45, 2.75) is 19.8 Å². The van der Waals surface area contributed by atoms with Crippen LogP contribution < -0.4 is 25.4 Å². The predicted octanol–water partition coefficient (Wildman–Crippen LogP) is 3.34. The van der Waals surface area contributed by atoms with Gasteiger partial charge in [0, 0.05) is 31.3 Å². The van der Waals surface area contributed by atoms with Gasteiger partial charge in [0.15, 0.2) is 17.5 Å². The lowest BCUT2D eigenvalue weighted by Crippen LogP contribution is -2.34. The molecule has 0 aromatic heterocycles. The lowest BCUT2D eigenvalue weighted by Gasteiger charge is -2.15. The molecule has 3 N–H and O–H groups in total. The Morgan fingerprint density at radius 3 is 2.65 bits per heavy atom. The molecule has 9 heteroatoms. The topological polar surface area (TPSA) is 84.0 Å². The molecule has 0 bridgehead atoms. The van der Waals surface area contributed by atoms with E-state index in [0.29, 0.717) is 55.7 Å². The second kappa shape index (κ2) is 13.0. The molecule has 1 amide bonds. The van der Waals surface area contributed by atoms with Gasteiger partial charge in [-0.2, -0.15) is 0 Å². The highest BCUT2D eigenvalue weighted by Gasteiger charge is 2.12. The Hall–Kier alpha value is -2.56. The van der Waals surface area contributed by atoms with Gasteiger partial charge in [0.05, 0.1) is 13.2 Å². The van der Waals surface area contributed by atoms with Crippen molar-refractivity contribution in [1.29, 1.82) is 0 Å². The molecule has 2 aromatic carbocycles. The van der Waals surface area contributed by atoms with E-state index in [-0.39, 0.29) is 42.2 Å². The molecule has 0 fully saturated rings. The first-order valence-electron chi connectivity index (χ1n) is 10.1. The summed E-state index contributed by atoms with van der Waals surface area (Å²) >= 11 is 0. The van der Waals surface area contributed by atoms with Crippen molar-refractivity contribution in [3.8, 4) is 11.5 Å². The van der Waals surface area contributed by atoms with Crippen molar-refractivity contribution in [2.75, 3.05) is 38.2 Å². The number of nitrogens with zero attached hydrogens (tertiary/aromatic N) is 1. The van der Waals surface area contributed by atoms with Crippen molar-refractivity contribution in [2.24, 2.45) is 4.99 Å². The molecule has 1 aliphatic heterocycles. The minimum Gasteiger partial charge on any atom is -0.490 e. The van der Waals surface area contributed by atoms with Gasteiger partial charge < -0.3 is 25.4 Å². The third kappa shape index (κ3) is 7.89. The number of hydrogen-bond donors (Lipinski definition) is 3. The van der Waals surface area contributed by atoms with E-state index >= 15 is 0 Å². The molecule has 31 heavy (non-hydrogen) atoms. The zero-order chi connectivity index (χ0) is 21.2. The minimum atomic E-state index is -0.240. The van der Waals surface area contributed by atoms with E-state index in [2.05, 4.69) is 20.9 Å². The molecule has 2 aromatic rings. The van der Waals surface area contributed by atoms with Gasteiger partial charge in [-0.15, -0.1) is 24.0 Å². The summed E-state index contributed by atoms with van der Waals surface area (Å²) in [6.07, 6.45) is 1.31. The summed E-state index contributed by atoms with van der Waals surface area (Å²) in [4.78, 5) is 16.1. The molecule has 0 unspecified atom stereocenters. The Balaban J connectivity index is 0.00000341. The molecule has 3 rings (SSSR count). The number of carbonyl (C=O) groups excluding carboxylic acids is 1. The van der Waals surface area contributed by atoms with E-state index < -0.39 is 0 Å². The average Bonchev–Trinajstić information content (AvgIpc) is 2.98. The largest absolute Gasteiger partial charge is 0.490 e. The minimum absolute atomic E-state index is 0. The highest BCUT2D eigenvalue weighted by Crippen LogP contribution is 2.32. The maximum absolute atomic E-state index is 13.8. The van der Waals surface area contributed by atoms with Crippen LogP contribution in [0.1, 0.15) is 18.9 Å². The number of halogens is 2. The summed E-state index contributed by atoms with van der Waals surface area (Å²) < 4.78 is 25.2. The number of ether oxygens (including phenoxy) is 2. The smallest absolute Gasteiger partial charge is 0.241 e. The Morgan fingerprint density at radius 1 is 1.10 bits per heavy atom. The average molecular weight is 542 g/mol. The van der Waals surface area contributed by atoms with Crippen LogP contribution in [-0.2, 0) is 11.2 Å². The molecule has 7 nitrogen and oxygen atoms in total. The lowest BCUT2D eigenvalue weighted by atomic mass is 10.1. The van der Waals surface area contributed by atoms with E-state index in [4.69, 9.17) is 9.47 Å². The van der Waals surface area contributed by atoms with Crippen LogP contribution in [0.2, 0.25) is 0 Å². The van der Waals surface area contributed by atoms with Crippen LogP contribution in [-0.4, -0.2) is 44.7 Å². The molecular formula is C22H28FIN4O3. The van der Waals surface area contributed by atoms with Crippen LogP contribution in [0.3, 0.4) is 0 Å². The number of anilines is 1. The van der Waals surface area contributed by atoms with Crippen molar-refractivity contribution in [1.82, 2.24) is 10.6 Å².